The highest BCUT2D eigenvalue weighted by Crippen LogP contribution is 2.29. The van der Waals surface area contributed by atoms with Gasteiger partial charge < -0.3 is 24.1 Å². The average Bonchev–Trinajstić information content (AvgIpc) is 3.38. The van der Waals surface area contributed by atoms with Crippen molar-refractivity contribution < 1.29 is 19.0 Å². The predicted octanol–water partition coefficient (Wildman–Crippen LogP) is 3.81. The standard InChI is InChI=1S/C29H34N4O5/c1-6-32-19(2)22(13-14-27(34)30-16-15-20-11-12-21(36-3)17-26(20)38-5)29(35)33-28(32)18-24(31-33)23-9-7-8-10-25(23)37-4/h7-12,17-18H,6,13-16H2,1-5H3,(H,30,34). The highest BCUT2D eigenvalue weighted by molar-refractivity contribution is 5.76. The van der Waals surface area contributed by atoms with E-state index in [-0.39, 0.29) is 17.9 Å². The van der Waals surface area contributed by atoms with Crippen LogP contribution in [0.25, 0.3) is 16.9 Å². The fraction of sp³-hybridized carbons (Fsp3) is 0.345. The number of ether oxygens (including phenoxy) is 3. The molecule has 2 heterocycles. The van der Waals surface area contributed by atoms with E-state index >= 15 is 0 Å². The minimum Gasteiger partial charge on any atom is -0.497 e. The summed E-state index contributed by atoms with van der Waals surface area (Å²) in [7, 11) is 4.83. The van der Waals surface area contributed by atoms with E-state index in [1.54, 1.807) is 21.3 Å². The third-order valence-electron chi connectivity index (χ3n) is 6.77. The van der Waals surface area contributed by atoms with Gasteiger partial charge in [-0.05, 0) is 50.5 Å². The summed E-state index contributed by atoms with van der Waals surface area (Å²) < 4.78 is 19.6. The number of nitrogens with one attached hydrogen (secondary N) is 1. The number of nitrogens with zero attached hydrogens (tertiary/aromatic N) is 3. The van der Waals surface area contributed by atoms with Crippen molar-refractivity contribution in [3.8, 4) is 28.5 Å². The number of aryl methyl sites for hydroxylation is 1. The highest BCUT2D eigenvalue weighted by Gasteiger charge is 2.19. The van der Waals surface area contributed by atoms with Crippen LogP contribution in [-0.4, -0.2) is 48.0 Å². The van der Waals surface area contributed by atoms with Crippen LogP contribution in [0, 0.1) is 6.92 Å². The minimum atomic E-state index is -0.209. The molecule has 0 saturated carbocycles. The summed E-state index contributed by atoms with van der Waals surface area (Å²) >= 11 is 0. The lowest BCUT2D eigenvalue weighted by Gasteiger charge is -2.15. The molecule has 0 fully saturated rings. The Morgan fingerprint density at radius 2 is 1.74 bits per heavy atom. The van der Waals surface area contributed by atoms with Crippen molar-refractivity contribution in [2.75, 3.05) is 27.9 Å². The summed E-state index contributed by atoms with van der Waals surface area (Å²) in [6, 6.07) is 15.1. The van der Waals surface area contributed by atoms with Gasteiger partial charge in [0.05, 0.1) is 27.0 Å². The monoisotopic (exact) mass is 518 g/mol. The number of carbonyl (C=O) groups excluding carboxylic acids is 1. The van der Waals surface area contributed by atoms with Crippen LogP contribution >= 0.6 is 0 Å². The largest absolute Gasteiger partial charge is 0.497 e. The van der Waals surface area contributed by atoms with E-state index < -0.39 is 0 Å². The van der Waals surface area contributed by atoms with E-state index in [9.17, 15) is 9.59 Å². The number of amides is 1. The Bertz CT molecular complexity index is 1510. The third-order valence-corrected chi connectivity index (χ3v) is 6.77. The Labute approximate surface area is 222 Å². The smallest absolute Gasteiger partial charge is 0.277 e. The van der Waals surface area contributed by atoms with Crippen molar-refractivity contribution >= 4 is 11.6 Å². The Kier molecular flexibility index (Phi) is 8.35. The van der Waals surface area contributed by atoms with Crippen LogP contribution in [0.5, 0.6) is 17.2 Å². The molecule has 0 aliphatic rings. The van der Waals surface area contributed by atoms with Crippen LogP contribution in [0.3, 0.4) is 0 Å². The Morgan fingerprint density at radius 1 is 0.974 bits per heavy atom. The summed E-state index contributed by atoms with van der Waals surface area (Å²) in [6.07, 6.45) is 1.14. The lowest BCUT2D eigenvalue weighted by Crippen LogP contribution is -2.29. The molecule has 1 amide bonds. The van der Waals surface area contributed by atoms with Crippen molar-refractivity contribution in [2.24, 2.45) is 0 Å². The van der Waals surface area contributed by atoms with Crippen molar-refractivity contribution in [2.45, 2.75) is 39.7 Å². The first-order valence-corrected chi connectivity index (χ1v) is 12.6. The molecule has 4 aromatic rings. The molecule has 0 aliphatic heterocycles. The molecular formula is C29H34N4O5. The first-order valence-electron chi connectivity index (χ1n) is 12.6. The normalized spacial score (nSPS) is 11.0. The molecule has 0 unspecified atom stereocenters. The zero-order valence-electron chi connectivity index (χ0n) is 22.5. The van der Waals surface area contributed by atoms with Crippen molar-refractivity contribution in [3.05, 3.63) is 75.7 Å². The molecule has 4 rings (SSSR count). The minimum absolute atomic E-state index is 0.116. The van der Waals surface area contributed by atoms with Crippen LogP contribution in [-0.2, 0) is 24.2 Å². The maximum Gasteiger partial charge on any atom is 0.277 e. The molecule has 200 valence electrons. The van der Waals surface area contributed by atoms with Crippen LogP contribution in [0.15, 0.2) is 53.3 Å². The van der Waals surface area contributed by atoms with Crippen molar-refractivity contribution in [1.29, 1.82) is 0 Å². The Morgan fingerprint density at radius 3 is 2.45 bits per heavy atom. The average molecular weight is 519 g/mol. The van der Waals surface area contributed by atoms with E-state index in [1.807, 2.05) is 62.4 Å². The number of hydrogen-bond acceptors (Lipinski definition) is 6. The molecule has 0 aliphatic carbocycles. The maximum absolute atomic E-state index is 13.5. The van der Waals surface area contributed by atoms with Crippen LogP contribution in [0.4, 0.5) is 0 Å². The number of fused-ring (bicyclic) bond motifs is 1. The number of hydrogen-bond donors (Lipinski definition) is 1. The first kappa shape index (κ1) is 26.8. The van der Waals surface area contributed by atoms with Crippen LogP contribution < -0.4 is 25.1 Å². The fourth-order valence-corrected chi connectivity index (χ4v) is 4.73. The van der Waals surface area contributed by atoms with Gasteiger partial charge in [0.15, 0.2) is 0 Å². The summed E-state index contributed by atoms with van der Waals surface area (Å²) in [6.45, 7) is 5.07. The van der Waals surface area contributed by atoms with Gasteiger partial charge in [-0.3, -0.25) is 9.59 Å². The van der Waals surface area contributed by atoms with Gasteiger partial charge in [0.2, 0.25) is 5.91 Å². The van der Waals surface area contributed by atoms with E-state index in [0.29, 0.717) is 60.1 Å². The lowest BCUT2D eigenvalue weighted by atomic mass is 10.1. The third kappa shape index (κ3) is 5.37. The van der Waals surface area contributed by atoms with Gasteiger partial charge in [0.25, 0.3) is 5.56 Å². The van der Waals surface area contributed by atoms with Crippen molar-refractivity contribution in [1.82, 2.24) is 19.5 Å². The van der Waals surface area contributed by atoms with Crippen LogP contribution in [0.1, 0.15) is 30.2 Å². The highest BCUT2D eigenvalue weighted by atomic mass is 16.5. The van der Waals surface area contributed by atoms with Gasteiger partial charge in [0, 0.05) is 48.5 Å². The zero-order chi connectivity index (χ0) is 27.2. The summed E-state index contributed by atoms with van der Waals surface area (Å²) in [4.78, 5) is 26.1. The molecule has 1 N–H and O–H groups in total. The number of carbonyl (C=O) groups is 1. The van der Waals surface area contributed by atoms with Gasteiger partial charge in [-0.1, -0.05) is 18.2 Å². The molecule has 2 aromatic heterocycles. The SMILES string of the molecule is CCn1c(C)c(CCC(=O)NCCc2ccc(OC)cc2OC)c(=O)n2nc(-c3ccccc3OC)cc12. The summed E-state index contributed by atoms with van der Waals surface area (Å²) in [5.74, 6) is 2.00. The molecule has 0 atom stereocenters. The topological polar surface area (TPSA) is 96.1 Å². The van der Waals surface area contributed by atoms with Crippen molar-refractivity contribution in [3.63, 3.8) is 0 Å². The number of benzene rings is 2. The molecule has 2 aromatic carbocycles. The van der Waals surface area contributed by atoms with E-state index in [2.05, 4.69) is 15.0 Å². The molecule has 0 bridgehead atoms. The number of para-hydroxylation sites is 1. The Hall–Kier alpha value is -4.27. The Balaban J connectivity index is 1.50. The van der Waals surface area contributed by atoms with E-state index in [4.69, 9.17) is 14.2 Å². The van der Waals surface area contributed by atoms with Gasteiger partial charge in [-0.2, -0.15) is 9.61 Å². The second-order valence-corrected chi connectivity index (χ2v) is 8.89. The lowest BCUT2D eigenvalue weighted by molar-refractivity contribution is -0.121. The number of aromatic nitrogens is 3. The quantitative estimate of drug-likeness (QED) is 0.324. The van der Waals surface area contributed by atoms with E-state index in [1.165, 1.54) is 4.52 Å². The fourth-order valence-electron chi connectivity index (χ4n) is 4.73. The second kappa shape index (κ2) is 11.9. The first-order chi connectivity index (χ1) is 18.4. The molecule has 9 nitrogen and oxygen atoms in total. The van der Waals surface area contributed by atoms with Gasteiger partial charge >= 0.3 is 0 Å². The zero-order valence-corrected chi connectivity index (χ0v) is 22.5. The number of rotatable bonds is 11. The number of methoxy groups -OCH3 is 3. The van der Waals surface area contributed by atoms with Gasteiger partial charge in [0.1, 0.15) is 22.9 Å². The molecule has 0 radical (unpaired) electrons. The molecular weight excluding hydrogens is 484 g/mol. The van der Waals surface area contributed by atoms with E-state index in [0.717, 1.165) is 16.8 Å². The van der Waals surface area contributed by atoms with Gasteiger partial charge in [-0.15, -0.1) is 0 Å². The maximum atomic E-state index is 13.5. The molecule has 9 heteroatoms. The molecule has 0 saturated heterocycles. The predicted molar refractivity (Wildman–Crippen MR) is 146 cm³/mol. The van der Waals surface area contributed by atoms with Gasteiger partial charge in [-0.25, -0.2) is 0 Å². The summed E-state index contributed by atoms with van der Waals surface area (Å²) in [5.41, 5.74) is 4.37. The van der Waals surface area contributed by atoms with Crippen LogP contribution in [0.2, 0.25) is 0 Å². The molecule has 38 heavy (non-hydrogen) atoms. The second-order valence-electron chi connectivity index (χ2n) is 8.89. The molecule has 0 spiro atoms. The summed E-state index contributed by atoms with van der Waals surface area (Å²) in [5, 5.41) is 7.58.